The highest BCUT2D eigenvalue weighted by atomic mass is 31.0. The first-order chi connectivity index (χ1) is 11.2. The van der Waals surface area contributed by atoms with Crippen LogP contribution in [0.5, 0.6) is 5.75 Å². The molecule has 0 aliphatic carbocycles. The number of nitrogens with zero attached hydrogens (tertiary/aromatic N) is 4. The van der Waals surface area contributed by atoms with Crippen LogP contribution < -0.4 is 4.84 Å². The lowest BCUT2D eigenvalue weighted by molar-refractivity contribution is 0.106. The molecule has 1 heterocycles. The molecule has 23 heavy (non-hydrogen) atoms. The lowest BCUT2D eigenvalue weighted by atomic mass is 9.87. The van der Waals surface area contributed by atoms with E-state index in [0.29, 0.717) is 16.6 Å². The lowest BCUT2D eigenvalue weighted by Gasteiger charge is -2.07. The molecule has 0 aliphatic heterocycles. The Kier molecular flexibility index (Phi) is 4.33. The highest BCUT2D eigenvalue weighted by molar-refractivity contribution is 7.13. The van der Waals surface area contributed by atoms with Crippen molar-refractivity contribution in [3.63, 3.8) is 0 Å². The molecule has 0 bridgehead atoms. The number of hydrogen-bond acceptors (Lipinski definition) is 6. The maximum absolute atomic E-state index is 11.8. The van der Waals surface area contributed by atoms with Gasteiger partial charge in [0.25, 0.3) is 0 Å². The van der Waals surface area contributed by atoms with Gasteiger partial charge in [-0.15, -0.1) is 5.10 Å². The van der Waals surface area contributed by atoms with Gasteiger partial charge in [0.05, 0.1) is 5.56 Å². The number of fused-ring (bicyclic) bond motifs is 1. The largest absolute Gasteiger partial charge is 0.413 e. The quantitative estimate of drug-likeness (QED) is 0.521. The summed E-state index contributed by atoms with van der Waals surface area (Å²) in [6, 6.07) is 13.9. The molecule has 1 atom stereocenters. The SMILES string of the molecule is N#Cc1cc(C(=O)BOP)ccc1On1nnc2ccccc21. The van der Waals surface area contributed by atoms with Crippen LogP contribution in [0.15, 0.2) is 42.5 Å². The van der Waals surface area contributed by atoms with Crippen LogP contribution in [0.3, 0.4) is 0 Å². The third-order valence-electron chi connectivity index (χ3n) is 3.14. The van der Waals surface area contributed by atoms with E-state index in [1.807, 2.05) is 27.7 Å². The number of carbonyl (C=O) groups is 1. The van der Waals surface area contributed by atoms with E-state index in [2.05, 4.69) is 10.3 Å². The fraction of sp³-hybridized carbons (Fsp3) is 0. The zero-order valence-corrected chi connectivity index (χ0v) is 13.0. The number of carbonyl (C=O) groups excluding carboxylic acids is 1. The Balaban J connectivity index is 1.94. The molecule has 2 aromatic carbocycles. The maximum Gasteiger partial charge on any atom is 0.360 e. The van der Waals surface area contributed by atoms with E-state index in [9.17, 15) is 10.1 Å². The summed E-state index contributed by atoms with van der Waals surface area (Å²) in [5, 5.41) is 17.1. The van der Waals surface area contributed by atoms with Gasteiger partial charge >= 0.3 is 7.48 Å². The van der Waals surface area contributed by atoms with Gasteiger partial charge in [0.15, 0.2) is 11.4 Å². The second kappa shape index (κ2) is 6.57. The van der Waals surface area contributed by atoms with Gasteiger partial charge in [-0.2, -0.15) is 5.26 Å². The van der Waals surface area contributed by atoms with Gasteiger partial charge in [-0.3, -0.25) is 0 Å². The Morgan fingerprint density at radius 2 is 2.13 bits per heavy atom. The van der Waals surface area contributed by atoms with Crippen molar-refractivity contribution < 1.29 is 14.1 Å². The van der Waals surface area contributed by atoms with Crippen LogP contribution in [-0.2, 0) is 4.44 Å². The molecule has 0 radical (unpaired) electrons. The number of nitriles is 1. The molecule has 0 saturated carbocycles. The minimum Gasteiger partial charge on any atom is -0.413 e. The van der Waals surface area contributed by atoms with E-state index in [4.69, 9.17) is 9.28 Å². The molecular weight excluding hydrogens is 314 g/mol. The van der Waals surface area contributed by atoms with Crippen molar-refractivity contribution >= 4 is 33.7 Å². The average Bonchev–Trinajstić information content (AvgIpc) is 2.98. The van der Waals surface area contributed by atoms with Crippen LogP contribution >= 0.6 is 9.47 Å². The topological polar surface area (TPSA) is 90.0 Å². The Morgan fingerprint density at radius 1 is 1.30 bits per heavy atom. The van der Waals surface area contributed by atoms with E-state index in [-0.39, 0.29) is 24.5 Å². The molecule has 0 fully saturated rings. The average molecular weight is 324 g/mol. The monoisotopic (exact) mass is 324 g/mol. The molecule has 0 amide bonds. The van der Waals surface area contributed by atoms with Crippen LogP contribution in [0.4, 0.5) is 0 Å². The third-order valence-corrected chi connectivity index (χ3v) is 3.31. The molecular formula is C14H10BN4O3P. The van der Waals surface area contributed by atoms with E-state index < -0.39 is 0 Å². The second-order valence-corrected chi connectivity index (χ2v) is 4.93. The smallest absolute Gasteiger partial charge is 0.360 e. The molecule has 3 rings (SSSR count). The molecule has 0 N–H and O–H groups in total. The van der Waals surface area contributed by atoms with Gasteiger partial charge in [0.1, 0.15) is 17.1 Å². The zero-order chi connectivity index (χ0) is 16.2. The minimum absolute atomic E-state index is 0.0799. The summed E-state index contributed by atoms with van der Waals surface area (Å²) in [6.07, 6.45) is 0. The Hall–Kier alpha value is -2.75. The molecule has 1 unspecified atom stereocenters. The molecule has 0 aliphatic rings. The van der Waals surface area contributed by atoms with Gasteiger partial charge in [-0.1, -0.05) is 17.0 Å². The van der Waals surface area contributed by atoms with Crippen molar-refractivity contribution in [1.29, 1.82) is 5.26 Å². The third kappa shape index (κ3) is 3.06. The number of aromatic nitrogens is 3. The number of benzene rings is 2. The summed E-state index contributed by atoms with van der Waals surface area (Å²) in [5.41, 5.74) is 1.72. The minimum atomic E-state index is -0.228. The van der Waals surface area contributed by atoms with Crippen LogP contribution in [0.25, 0.3) is 11.0 Å². The summed E-state index contributed by atoms with van der Waals surface area (Å²) >= 11 is 0. The van der Waals surface area contributed by atoms with Crippen molar-refractivity contribution in [2.45, 2.75) is 0 Å². The van der Waals surface area contributed by atoms with Crippen molar-refractivity contribution in [2.24, 2.45) is 0 Å². The number of hydrogen-bond donors (Lipinski definition) is 0. The van der Waals surface area contributed by atoms with E-state index in [1.165, 1.54) is 10.9 Å². The first kappa shape index (κ1) is 15.2. The fourth-order valence-corrected chi connectivity index (χ4v) is 2.19. The zero-order valence-electron chi connectivity index (χ0n) is 11.8. The highest BCUT2D eigenvalue weighted by Gasteiger charge is 2.14. The predicted octanol–water partition coefficient (Wildman–Crippen LogP) is 1.44. The van der Waals surface area contributed by atoms with Crippen molar-refractivity contribution in [3.8, 4) is 11.8 Å². The summed E-state index contributed by atoms with van der Waals surface area (Å²) in [5.74, 6) is 0.284. The Morgan fingerprint density at radius 3 is 2.91 bits per heavy atom. The van der Waals surface area contributed by atoms with Crippen LogP contribution in [-0.4, -0.2) is 28.3 Å². The second-order valence-electron chi connectivity index (χ2n) is 4.60. The van der Waals surface area contributed by atoms with Gasteiger partial charge in [-0.05, 0) is 45.0 Å². The first-order valence-corrected chi connectivity index (χ1v) is 7.08. The molecule has 3 aromatic rings. The standard InChI is InChI=1S/C14H10BN4O3P/c16-8-10-7-9(14(20)15-22-23)5-6-13(10)21-19-12-4-2-1-3-11(12)17-18-19/h1-7,15H,23H2. The van der Waals surface area contributed by atoms with Crippen LogP contribution in [0.2, 0.25) is 0 Å². The first-order valence-electron chi connectivity index (χ1n) is 6.60. The van der Waals surface area contributed by atoms with Crippen LogP contribution in [0.1, 0.15) is 15.9 Å². The number of rotatable bonds is 5. The summed E-state index contributed by atoms with van der Waals surface area (Å²) in [6.45, 7) is 0. The lowest BCUT2D eigenvalue weighted by Crippen LogP contribution is -2.11. The van der Waals surface area contributed by atoms with Crippen molar-refractivity contribution in [3.05, 3.63) is 53.6 Å². The van der Waals surface area contributed by atoms with E-state index in [0.717, 1.165) is 0 Å². The normalized spacial score (nSPS) is 10.3. The Labute approximate surface area is 134 Å². The Bertz CT molecular complexity index is 922. The van der Waals surface area contributed by atoms with E-state index in [1.54, 1.807) is 24.3 Å². The van der Waals surface area contributed by atoms with Crippen molar-refractivity contribution in [2.75, 3.05) is 0 Å². The van der Waals surface area contributed by atoms with Gasteiger partial charge in [0.2, 0.25) is 0 Å². The molecule has 9 heteroatoms. The summed E-state index contributed by atoms with van der Waals surface area (Å²) < 4.78 is 4.73. The fourth-order valence-electron chi connectivity index (χ4n) is 2.04. The van der Waals surface area contributed by atoms with Crippen LogP contribution in [0, 0.1) is 11.3 Å². The highest BCUT2D eigenvalue weighted by Crippen LogP contribution is 2.21. The van der Waals surface area contributed by atoms with Crippen molar-refractivity contribution in [1.82, 2.24) is 15.2 Å². The summed E-state index contributed by atoms with van der Waals surface area (Å²) in [7, 11) is 1.93. The molecule has 1 aromatic heterocycles. The predicted molar refractivity (Wildman–Crippen MR) is 87.0 cm³/mol. The molecule has 0 spiro atoms. The summed E-state index contributed by atoms with van der Waals surface area (Å²) in [4.78, 5) is 18.7. The maximum atomic E-state index is 11.8. The van der Waals surface area contributed by atoms with E-state index >= 15 is 0 Å². The molecule has 112 valence electrons. The molecule has 7 nitrogen and oxygen atoms in total. The van der Waals surface area contributed by atoms with Gasteiger partial charge in [-0.25, -0.2) is 0 Å². The molecule has 0 saturated heterocycles. The van der Waals surface area contributed by atoms with Gasteiger partial charge < -0.3 is 14.1 Å². The number of para-hydroxylation sites is 1. The van der Waals surface area contributed by atoms with Gasteiger partial charge in [0, 0.05) is 5.56 Å².